The summed E-state index contributed by atoms with van der Waals surface area (Å²) in [5, 5.41) is 8.31. The molecule has 104 valence electrons. The lowest BCUT2D eigenvalue weighted by Gasteiger charge is -2.26. The van der Waals surface area contributed by atoms with E-state index in [1.807, 2.05) is 6.92 Å². The minimum atomic E-state index is -3.54. The lowest BCUT2D eigenvalue weighted by molar-refractivity contribution is -0.141. The summed E-state index contributed by atoms with van der Waals surface area (Å²) in [6.45, 7) is 6.12. The SMILES string of the molecule is C=CCN(CCC)S(=O)(=O)C1CCCC1C(=O)O. The van der Waals surface area contributed by atoms with Crippen LogP contribution >= 0.6 is 0 Å². The van der Waals surface area contributed by atoms with Crippen LogP contribution in [-0.4, -0.2) is 42.1 Å². The second-order valence-electron chi connectivity index (χ2n) is 4.61. The van der Waals surface area contributed by atoms with E-state index in [4.69, 9.17) is 5.11 Å². The Bertz CT molecular complexity index is 404. The fraction of sp³-hybridized carbons (Fsp3) is 0.750. The van der Waals surface area contributed by atoms with Crippen LogP contribution in [0.1, 0.15) is 32.6 Å². The molecule has 6 heteroatoms. The van der Waals surface area contributed by atoms with Gasteiger partial charge < -0.3 is 5.11 Å². The molecular weight excluding hydrogens is 254 g/mol. The predicted octanol–water partition coefficient (Wildman–Crippen LogP) is 1.47. The number of rotatable bonds is 7. The van der Waals surface area contributed by atoms with Gasteiger partial charge in [0.05, 0.1) is 11.2 Å². The minimum absolute atomic E-state index is 0.249. The molecule has 2 atom stereocenters. The van der Waals surface area contributed by atoms with Gasteiger partial charge in [0.1, 0.15) is 0 Å². The zero-order chi connectivity index (χ0) is 13.8. The third-order valence-electron chi connectivity index (χ3n) is 3.32. The fourth-order valence-corrected chi connectivity index (χ4v) is 4.74. The highest BCUT2D eigenvalue weighted by Crippen LogP contribution is 2.33. The molecule has 0 aromatic heterocycles. The maximum atomic E-state index is 12.4. The molecule has 1 aliphatic rings. The molecule has 0 radical (unpaired) electrons. The average molecular weight is 275 g/mol. The van der Waals surface area contributed by atoms with Gasteiger partial charge in [-0.3, -0.25) is 4.79 Å². The number of sulfonamides is 1. The molecule has 1 aliphatic carbocycles. The molecule has 0 aromatic carbocycles. The highest BCUT2D eigenvalue weighted by Gasteiger charge is 2.43. The Balaban J connectivity index is 2.95. The Labute approximate surface area is 109 Å². The van der Waals surface area contributed by atoms with E-state index in [0.717, 1.165) is 0 Å². The first-order valence-corrected chi connectivity index (χ1v) is 7.78. The van der Waals surface area contributed by atoms with Crippen molar-refractivity contribution in [3.63, 3.8) is 0 Å². The van der Waals surface area contributed by atoms with E-state index < -0.39 is 27.2 Å². The van der Waals surface area contributed by atoms with Gasteiger partial charge in [-0.25, -0.2) is 8.42 Å². The van der Waals surface area contributed by atoms with Gasteiger partial charge in [0.25, 0.3) is 0 Å². The van der Waals surface area contributed by atoms with Crippen molar-refractivity contribution < 1.29 is 18.3 Å². The fourth-order valence-electron chi connectivity index (χ4n) is 2.47. The molecule has 0 bridgehead atoms. The molecule has 0 amide bonds. The number of carbonyl (C=O) groups is 1. The lowest BCUT2D eigenvalue weighted by atomic mass is 10.1. The van der Waals surface area contributed by atoms with Gasteiger partial charge >= 0.3 is 5.97 Å². The topological polar surface area (TPSA) is 74.7 Å². The third-order valence-corrected chi connectivity index (χ3v) is 5.70. The zero-order valence-electron chi connectivity index (χ0n) is 10.7. The quantitative estimate of drug-likeness (QED) is 0.714. The summed E-state index contributed by atoms with van der Waals surface area (Å²) < 4.78 is 26.2. The Hall–Kier alpha value is -0.880. The second-order valence-corrected chi connectivity index (χ2v) is 6.76. The van der Waals surface area contributed by atoms with Crippen LogP contribution in [0.2, 0.25) is 0 Å². The van der Waals surface area contributed by atoms with Crippen LogP contribution in [0.5, 0.6) is 0 Å². The van der Waals surface area contributed by atoms with Gasteiger partial charge in [0.15, 0.2) is 0 Å². The van der Waals surface area contributed by atoms with Crippen molar-refractivity contribution in [2.24, 2.45) is 5.92 Å². The molecule has 2 unspecified atom stereocenters. The Kier molecular flexibility index (Phi) is 5.34. The Morgan fingerprint density at radius 1 is 1.50 bits per heavy atom. The van der Waals surface area contributed by atoms with Crippen LogP contribution < -0.4 is 0 Å². The van der Waals surface area contributed by atoms with Crippen LogP contribution in [0.25, 0.3) is 0 Å². The van der Waals surface area contributed by atoms with Gasteiger partial charge in [0.2, 0.25) is 10.0 Å². The van der Waals surface area contributed by atoms with Crippen molar-refractivity contribution in [2.75, 3.05) is 13.1 Å². The lowest BCUT2D eigenvalue weighted by Crippen LogP contribution is -2.42. The first-order chi connectivity index (χ1) is 8.45. The molecule has 5 nitrogen and oxygen atoms in total. The van der Waals surface area contributed by atoms with Crippen molar-refractivity contribution in [3.05, 3.63) is 12.7 Å². The molecule has 0 saturated heterocycles. The molecular formula is C12H21NO4S. The van der Waals surface area contributed by atoms with Gasteiger partial charge in [-0.2, -0.15) is 4.31 Å². The van der Waals surface area contributed by atoms with E-state index in [1.165, 1.54) is 10.4 Å². The number of carboxylic acids is 1. The molecule has 1 saturated carbocycles. The van der Waals surface area contributed by atoms with Crippen LogP contribution in [0.4, 0.5) is 0 Å². The predicted molar refractivity (Wildman–Crippen MR) is 69.7 cm³/mol. The van der Waals surface area contributed by atoms with Gasteiger partial charge in [-0.05, 0) is 19.3 Å². The number of aliphatic carboxylic acids is 1. The van der Waals surface area contributed by atoms with Crippen LogP contribution in [0.3, 0.4) is 0 Å². The van der Waals surface area contributed by atoms with Crippen LogP contribution in [-0.2, 0) is 14.8 Å². The normalized spacial score (nSPS) is 24.3. The third kappa shape index (κ3) is 3.11. The van der Waals surface area contributed by atoms with Gasteiger partial charge in [-0.15, -0.1) is 6.58 Å². The standard InChI is InChI=1S/C12H21NO4S/c1-3-8-13(9-4-2)18(16,17)11-7-5-6-10(11)12(14)15/h3,10-11H,1,4-9H2,2H3,(H,14,15). The highest BCUT2D eigenvalue weighted by molar-refractivity contribution is 7.89. The van der Waals surface area contributed by atoms with Crippen LogP contribution in [0, 0.1) is 5.92 Å². The molecule has 1 rings (SSSR count). The molecule has 0 aliphatic heterocycles. The molecule has 0 spiro atoms. The molecule has 1 fully saturated rings. The van der Waals surface area contributed by atoms with E-state index in [9.17, 15) is 13.2 Å². The van der Waals surface area contributed by atoms with Gasteiger partial charge in [-0.1, -0.05) is 19.4 Å². The zero-order valence-corrected chi connectivity index (χ0v) is 11.5. The molecule has 1 N–H and O–H groups in total. The summed E-state index contributed by atoms with van der Waals surface area (Å²) in [5.74, 6) is -1.77. The summed E-state index contributed by atoms with van der Waals surface area (Å²) >= 11 is 0. The summed E-state index contributed by atoms with van der Waals surface area (Å²) in [5.41, 5.74) is 0. The molecule has 18 heavy (non-hydrogen) atoms. The number of nitrogens with zero attached hydrogens (tertiary/aromatic N) is 1. The maximum absolute atomic E-state index is 12.4. The largest absolute Gasteiger partial charge is 0.481 e. The summed E-state index contributed by atoms with van der Waals surface area (Å²) in [6.07, 6.45) is 3.80. The van der Waals surface area contributed by atoms with E-state index in [1.54, 1.807) is 0 Å². The first-order valence-electron chi connectivity index (χ1n) is 6.27. The number of hydrogen-bond acceptors (Lipinski definition) is 3. The smallest absolute Gasteiger partial charge is 0.307 e. The van der Waals surface area contributed by atoms with E-state index >= 15 is 0 Å². The Morgan fingerprint density at radius 3 is 2.67 bits per heavy atom. The summed E-state index contributed by atoms with van der Waals surface area (Å²) in [7, 11) is -3.54. The minimum Gasteiger partial charge on any atom is -0.481 e. The van der Waals surface area contributed by atoms with Crippen molar-refractivity contribution in [2.45, 2.75) is 37.9 Å². The average Bonchev–Trinajstić information content (AvgIpc) is 2.78. The Morgan fingerprint density at radius 2 is 2.17 bits per heavy atom. The van der Waals surface area contributed by atoms with Crippen LogP contribution in [0.15, 0.2) is 12.7 Å². The van der Waals surface area contributed by atoms with E-state index in [0.29, 0.717) is 32.2 Å². The molecule has 0 heterocycles. The highest BCUT2D eigenvalue weighted by atomic mass is 32.2. The summed E-state index contributed by atoms with van der Waals surface area (Å²) in [6, 6.07) is 0. The van der Waals surface area contributed by atoms with Gasteiger partial charge in [0, 0.05) is 13.1 Å². The van der Waals surface area contributed by atoms with Crippen molar-refractivity contribution >= 4 is 16.0 Å². The summed E-state index contributed by atoms with van der Waals surface area (Å²) in [4.78, 5) is 11.1. The molecule has 0 aromatic rings. The van der Waals surface area contributed by atoms with Crippen molar-refractivity contribution in [1.82, 2.24) is 4.31 Å². The van der Waals surface area contributed by atoms with E-state index in [2.05, 4.69) is 6.58 Å². The second kappa shape index (κ2) is 6.33. The number of hydrogen-bond donors (Lipinski definition) is 1. The van der Waals surface area contributed by atoms with E-state index in [-0.39, 0.29) is 6.54 Å². The monoisotopic (exact) mass is 275 g/mol. The van der Waals surface area contributed by atoms with Crippen molar-refractivity contribution in [1.29, 1.82) is 0 Å². The first kappa shape index (κ1) is 15.2. The van der Waals surface area contributed by atoms with Crippen molar-refractivity contribution in [3.8, 4) is 0 Å². The maximum Gasteiger partial charge on any atom is 0.307 e. The number of carboxylic acid groups (broad SMARTS) is 1.